The van der Waals surface area contributed by atoms with Crippen molar-refractivity contribution in [3.05, 3.63) is 16.0 Å². The maximum Gasteiger partial charge on any atom is 0.339 e. The number of carbonyl (C=O) groups is 1. The number of thiophene rings is 1. The monoisotopic (exact) mass is 323 g/mol. The molecule has 1 saturated carbocycles. The lowest BCUT2D eigenvalue weighted by Crippen LogP contribution is -2.23. The summed E-state index contributed by atoms with van der Waals surface area (Å²) in [6.07, 6.45) is 8.95. The van der Waals surface area contributed by atoms with E-state index < -0.39 is 5.97 Å². The molecule has 1 fully saturated rings. The molecule has 0 radical (unpaired) electrons. The van der Waals surface area contributed by atoms with Gasteiger partial charge in [0, 0.05) is 4.88 Å². The van der Waals surface area contributed by atoms with E-state index in [9.17, 15) is 9.90 Å². The molecule has 0 unspecified atom stereocenters. The summed E-state index contributed by atoms with van der Waals surface area (Å²) in [6, 6.07) is 0. The van der Waals surface area contributed by atoms with Gasteiger partial charge in [-0.15, -0.1) is 11.3 Å². The van der Waals surface area contributed by atoms with Crippen molar-refractivity contribution in [1.29, 1.82) is 0 Å². The Morgan fingerprint density at radius 1 is 1.32 bits per heavy atom. The second-order valence-electron chi connectivity index (χ2n) is 7.33. The minimum atomic E-state index is -0.843. The minimum absolute atomic E-state index is 0.180. The number of aryl methyl sites for hydroxylation is 1. The highest BCUT2D eigenvalue weighted by atomic mass is 32.1. The highest BCUT2D eigenvalue weighted by Gasteiger charge is 2.33. The summed E-state index contributed by atoms with van der Waals surface area (Å²) >= 11 is 1.56. The fraction of sp³-hybridized carbons (Fsp3) is 0.706. The zero-order valence-corrected chi connectivity index (χ0v) is 14.2. The van der Waals surface area contributed by atoms with Crippen LogP contribution in [-0.2, 0) is 17.7 Å². The van der Waals surface area contributed by atoms with Crippen LogP contribution in [0, 0.1) is 5.41 Å². The fourth-order valence-corrected chi connectivity index (χ4v) is 4.69. The van der Waals surface area contributed by atoms with Crippen molar-refractivity contribution < 1.29 is 14.7 Å². The van der Waals surface area contributed by atoms with Crippen LogP contribution < -0.4 is 5.48 Å². The lowest BCUT2D eigenvalue weighted by Gasteiger charge is -2.29. The van der Waals surface area contributed by atoms with Gasteiger partial charge in [0.05, 0.1) is 11.7 Å². The first-order valence-corrected chi connectivity index (χ1v) is 9.07. The Hall–Kier alpha value is -1.07. The van der Waals surface area contributed by atoms with Crippen molar-refractivity contribution in [3.63, 3.8) is 0 Å². The molecule has 122 valence electrons. The first-order chi connectivity index (χ1) is 10.5. The van der Waals surface area contributed by atoms with Gasteiger partial charge < -0.3 is 5.11 Å². The van der Waals surface area contributed by atoms with Crippen molar-refractivity contribution >= 4 is 22.3 Å². The Morgan fingerprint density at radius 2 is 2.05 bits per heavy atom. The molecular formula is C17H25NO3S. The van der Waals surface area contributed by atoms with E-state index in [2.05, 4.69) is 19.3 Å². The number of aromatic carboxylic acids is 1. The molecule has 0 atom stereocenters. The number of nitrogens with one attached hydrogen (secondary N) is 1. The summed E-state index contributed by atoms with van der Waals surface area (Å²) < 4.78 is 0. The Bertz CT molecular complexity index is 558. The molecule has 2 aliphatic rings. The van der Waals surface area contributed by atoms with E-state index in [0.717, 1.165) is 37.7 Å². The molecule has 1 aromatic rings. The van der Waals surface area contributed by atoms with Gasteiger partial charge in [-0.25, -0.2) is 4.79 Å². The summed E-state index contributed by atoms with van der Waals surface area (Å²) in [5.74, 6) is -0.843. The third-order valence-electron chi connectivity index (χ3n) is 4.86. The Balaban J connectivity index is 1.79. The molecular weight excluding hydrogens is 298 g/mol. The molecule has 2 aliphatic carbocycles. The molecule has 4 nitrogen and oxygen atoms in total. The Labute approximate surface area is 135 Å². The normalized spacial score (nSPS) is 21.4. The van der Waals surface area contributed by atoms with Gasteiger partial charge in [0.1, 0.15) is 5.00 Å². The van der Waals surface area contributed by atoms with Crippen LogP contribution in [0.3, 0.4) is 0 Å². The van der Waals surface area contributed by atoms with E-state index >= 15 is 0 Å². The first kappa shape index (κ1) is 15.8. The van der Waals surface area contributed by atoms with E-state index in [4.69, 9.17) is 4.84 Å². The maximum atomic E-state index is 11.7. The van der Waals surface area contributed by atoms with Crippen LogP contribution in [-0.4, -0.2) is 17.2 Å². The van der Waals surface area contributed by atoms with Crippen molar-refractivity contribution in [1.82, 2.24) is 0 Å². The summed E-state index contributed by atoms with van der Waals surface area (Å²) in [6.45, 7) is 4.43. The zero-order valence-electron chi connectivity index (χ0n) is 13.4. The molecule has 0 saturated heterocycles. The number of rotatable bonds is 4. The lowest BCUT2D eigenvalue weighted by atomic mass is 9.76. The highest BCUT2D eigenvalue weighted by molar-refractivity contribution is 7.16. The van der Waals surface area contributed by atoms with Gasteiger partial charge in [-0.2, -0.15) is 0 Å². The number of carboxylic acids is 1. The second-order valence-corrected chi connectivity index (χ2v) is 8.44. The van der Waals surface area contributed by atoms with Gasteiger partial charge in [0.25, 0.3) is 0 Å². The van der Waals surface area contributed by atoms with Crippen LogP contribution in [0.5, 0.6) is 0 Å². The van der Waals surface area contributed by atoms with Crippen molar-refractivity contribution in [2.45, 2.75) is 71.3 Å². The lowest BCUT2D eigenvalue weighted by molar-refractivity contribution is 0.0653. The van der Waals surface area contributed by atoms with Gasteiger partial charge in [-0.1, -0.05) is 33.1 Å². The Morgan fingerprint density at radius 3 is 2.73 bits per heavy atom. The maximum absolute atomic E-state index is 11.7. The van der Waals surface area contributed by atoms with Gasteiger partial charge in [0.2, 0.25) is 0 Å². The first-order valence-electron chi connectivity index (χ1n) is 8.26. The largest absolute Gasteiger partial charge is 0.478 e. The van der Waals surface area contributed by atoms with Crippen LogP contribution in [0.25, 0.3) is 0 Å². The van der Waals surface area contributed by atoms with Gasteiger partial charge in [0.15, 0.2) is 0 Å². The predicted molar refractivity (Wildman–Crippen MR) is 88.7 cm³/mol. The molecule has 0 aromatic carbocycles. The van der Waals surface area contributed by atoms with Gasteiger partial charge in [-0.05, 0) is 43.1 Å². The molecule has 2 N–H and O–H groups in total. The molecule has 0 aliphatic heterocycles. The number of carboxylic acid groups (broad SMARTS) is 1. The van der Waals surface area contributed by atoms with Crippen LogP contribution in [0.2, 0.25) is 0 Å². The molecule has 1 aromatic heterocycles. The smallest absolute Gasteiger partial charge is 0.339 e. The quantitative estimate of drug-likeness (QED) is 0.793. The SMILES string of the molecule is CC1(C)CCc2sc(NOC3CCCCC3)c(C(=O)O)c2C1. The number of hydrogen-bond donors (Lipinski definition) is 2. The van der Waals surface area contributed by atoms with Gasteiger partial charge >= 0.3 is 5.97 Å². The molecule has 1 heterocycles. The second kappa shape index (κ2) is 6.20. The van der Waals surface area contributed by atoms with Gasteiger partial charge in [-0.3, -0.25) is 10.3 Å². The molecule has 22 heavy (non-hydrogen) atoms. The standard InChI is InChI=1S/C17H25NO3S/c1-17(2)9-8-13-12(10-17)14(16(19)20)15(22-13)18-21-11-6-4-3-5-7-11/h11,18H,3-10H2,1-2H3,(H,19,20). The van der Waals surface area contributed by atoms with E-state index in [-0.39, 0.29) is 11.5 Å². The van der Waals surface area contributed by atoms with E-state index in [1.54, 1.807) is 11.3 Å². The summed E-state index contributed by atoms with van der Waals surface area (Å²) in [5, 5.41) is 10.3. The van der Waals surface area contributed by atoms with Crippen LogP contribution >= 0.6 is 11.3 Å². The summed E-state index contributed by atoms with van der Waals surface area (Å²) in [4.78, 5) is 18.7. The third-order valence-corrected chi connectivity index (χ3v) is 6.05. The van der Waals surface area contributed by atoms with E-state index in [1.165, 1.54) is 24.1 Å². The zero-order chi connectivity index (χ0) is 15.7. The summed E-state index contributed by atoms with van der Waals surface area (Å²) in [5.41, 5.74) is 4.62. The van der Waals surface area contributed by atoms with E-state index in [0.29, 0.717) is 10.6 Å². The van der Waals surface area contributed by atoms with Crippen molar-refractivity contribution in [2.24, 2.45) is 5.41 Å². The third kappa shape index (κ3) is 3.30. The van der Waals surface area contributed by atoms with Crippen LogP contribution in [0.15, 0.2) is 0 Å². The average molecular weight is 323 g/mol. The number of fused-ring (bicyclic) bond motifs is 1. The van der Waals surface area contributed by atoms with Crippen molar-refractivity contribution in [2.75, 3.05) is 5.48 Å². The number of anilines is 1. The van der Waals surface area contributed by atoms with E-state index in [1.807, 2.05) is 0 Å². The fourth-order valence-electron chi connectivity index (χ4n) is 3.54. The average Bonchev–Trinajstić information content (AvgIpc) is 2.82. The molecule has 3 rings (SSSR count). The Kier molecular flexibility index (Phi) is 4.46. The highest BCUT2D eigenvalue weighted by Crippen LogP contribution is 2.43. The van der Waals surface area contributed by atoms with Crippen LogP contribution in [0.1, 0.15) is 73.2 Å². The summed E-state index contributed by atoms with van der Waals surface area (Å²) in [7, 11) is 0. The molecule has 5 heteroatoms. The number of hydrogen-bond acceptors (Lipinski definition) is 4. The molecule has 0 amide bonds. The molecule has 0 spiro atoms. The predicted octanol–water partition coefficient (Wildman–Crippen LogP) is 4.64. The topological polar surface area (TPSA) is 58.6 Å². The van der Waals surface area contributed by atoms with Crippen LogP contribution in [0.4, 0.5) is 5.00 Å². The van der Waals surface area contributed by atoms with Crippen molar-refractivity contribution in [3.8, 4) is 0 Å². The minimum Gasteiger partial charge on any atom is -0.478 e. The molecule has 0 bridgehead atoms.